The average molecular weight is 295 g/mol. The number of hydrogen-bond acceptors (Lipinski definition) is 3. The third-order valence-electron chi connectivity index (χ3n) is 4.42. The highest BCUT2D eigenvalue weighted by Gasteiger charge is 2.23. The molecule has 0 amide bonds. The Morgan fingerprint density at radius 2 is 2.00 bits per heavy atom. The topological polar surface area (TPSA) is 60.2 Å². The molecule has 112 valence electrons. The van der Waals surface area contributed by atoms with Gasteiger partial charge in [0.25, 0.3) is 0 Å². The van der Waals surface area contributed by atoms with E-state index in [1.807, 2.05) is 0 Å². The molecule has 0 aromatic heterocycles. The van der Waals surface area contributed by atoms with Crippen LogP contribution >= 0.6 is 0 Å². The van der Waals surface area contributed by atoms with Crippen molar-refractivity contribution in [2.24, 2.45) is 11.7 Å². The van der Waals surface area contributed by atoms with Gasteiger partial charge in [0.1, 0.15) is 9.84 Å². The molecule has 1 aliphatic rings. The summed E-state index contributed by atoms with van der Waals surface area (Å²) >= 11 is 0. The molecule has 0 bridgehead atoms. The van der Waals surface area contributed by atoms with Crippen LogP contribution < -0.4 is 5.73 Å². The van der Waals surface area contributed by atoms with Crippen LogP contribution in [-0.4, -0.2) is 26.0 Å². The molecule has 1 aliphatic carbocycles. The van der Waals surface area contributed by atoms with Crippen molar-refractivity contribution in [3.05, 3.63) is 35.4 Å². The van der Waals surface area contributed by atoms with Crippen LogP contribution in [-0.2, 0) is 22.7 Å². The monoisotopic (exact) mass is 295 g/mol. The second-order valence-corrected chi connectivity index (χ2v) is 8.29. The standard InChI is InChI=1S/C16H25NO2S/c1-2-20(18,19)11-5-8-16(17)15-10-9-13-6-3-4-7-14(13)12-15/h3-4,6-7,15-16H,2,5,8-12,17H2,1H3. The minimum absolute atomic E-state index is 0.121. The van der Waals surface area contributed by atoms with Crippen molar-refractivity contribution >= 4 is 9.84 Å². The Bertz CT molecular complexity index is 539. The fraction of sp³-hybridized carbons (Fsp3) is 0.625. The molecule has 2 unspecified atom stereocenters. The van der Waals surface area contributed by atoms with Gasteiger partial charge >= 0.3 is 0 Å². The van der Waals surface area contributed by atoms with Gasteiger partial charge in [-0.1, -0.05) is 31.2 Å². The van der Waals surface area contributed by atoms with E-state index in [4.69, 9.17) is 5.73 Å². The fourth-order valence-electron chi connectivity index (χ4n) is 3.01. The molecule has 2 atom stereocenters. The first-order valence-corrected chi connectivity index (χ1v) is 9.37. The van der Waals surface area contributed by atoms with Gasteiger partial charge in [-0.25, -0.2) is 8.42 Å². The van der Waals surface area contributed by atoms with E-state index in [1.165, 1.54) is 11.1 Å². The largest absolute Gasteiger partial charge is 0.327 e. The van der Waals surface area contributed by atoms with Crippen molar-refractivity contribution in [1.29, 1.82) is 0 Å². The SMILES string of the molecule is CCS(=O)(=O)CCCC(N)C1CCc2ccccc2C1. The molecule has 0 saturated heterocycles. The van der Waals surface area contributed by atoms with Gasteiger partial charge in [0.05, 0.1) is 5.75 Å². The lowest BCUT2D eigenvalue weighted by atomic mass is 9.79. The lowest BCUT2D eigenvalue weighted by Crippen LogP contribution is -2.34. The van der Waals surface area contributed by atoms with Crippen molar-refractivity contribution in [2.75, 3.05) is 11.5 Å². The molecule has 20 heavy (non-hydrogen) atoms. The molecule has 2 N–H and O–H groups in total. The smallest absolute Gasteiger partial charge is 0.150 e. The zero-order valence-corrected chi connectivity index (χ0v) is 13.0. The first-order chi connectivity index (χ1) is 9.52. The van der Waals surface area contributed by atoms with Crippen LogP contribution in [0.3, 0.4) is 0 Å². The molecule has 0 heterocycles. The van der Waals surface area contributed by atoms with Crippen molar-refractivity contribution < 1.29 is 8.42 Å². The Morgan fingerprint density at radius 3 is 2.70 bits per heavy atom. The van der Waals surface area contributed by atoms with Gasteiger partial charge < -0.3 is 5.73 Å². The number of benzene rings is 1. The first-order valence-electron chi connectivity index (χ1n) is 7.54. The maximum atomic E-state index is 11.5. The van der Waals surface area contributed by atoms with Crippen LogP contribution in [0, 0.1) is 5.92 Å². The van der Waals surface area contributed by atoms with Crippen LogP contribution in [0.1, 0.15) is 37.3 Å². The third kappa shape index (κ3) is 4.06. The maximum absolute atomic E-state index is 11.5. The molecule has 0 radical (unpaired) electrons. The minimum atomic E-state index is -2.85. The van der Waals surface area contributed by atoms with Gasteiger partial charge in [-0.3, -0.25) is 0 Å². The second kappa shape index (κ2) is 6.72. The maximum Gasteiger partial charge on any atom is 0.150 e. The molecular formula is C16H25NO2S. The zero-order valence-electron chi connectivity index (χ0n) is 12.2. The summed E-state index contributed by atoms with van der Waals surface area (Å²) in [7, 11) is -2.85. The van der Waals surface area contributed by atoms with Crippen LogP contribution in [0.2, 0.25) is 0 Å². The Labute approximate surface area is 122 Å². The Morgan fingerprint density at radius 1 is 1.30 bits per heavy atom. The van der Waals surface area contributed by atoms with Crippen LogP contribution in [0.15, 0.2) is 24.3 Å². The summed E-state index contributed by atoms with van der Waals surface area (Å²) in [4.78, 5) is 0. The van der Waals surface area contributed by atoms with E-state index in [9.17, 15) is 8.42 Å². The summed E-state index contributed by atoms with van der Waals surface area (Å²) in [6.45, 7) is 1.70. The highest BCUT2D eigenvalue weighted by molar-refractivity contribution is 7.91. The summed E-state index contributed by atoms with van der Waals surface area (Å²) in [5.74, 6) is 1.01. The first kappa shape index (κ1) is 15.5. The van der Waals surface area contributed by atoms with Gasteiger partial charge in [0.2, 0.25) is 0 Å². The fourth-order valence-corrected chi connectivity index (χ4v) is 3.91. The van der Waals surface area contributed by atoms with E-state index in [-0.39, 0.29) is 17.5 Å². The summed E-state index contributed by atoms with van der Waals surface area (Å²) in [5, 5.41) is 0. The van der Waals surface area contributed by atoms with Crippen molar-refractivity contribution in [3.63, 3.8) is 0 Å². The number of nitrogens with two attached hydrogens (primary N) is 1. The molecule has 0 spiro atoms. The summed E-state index contributed by atoms with van der Waals surface area (Å²) < 4.78 is 23.0. The van der Waals surface area contributed by atoms with Gasteiger partial charge in [-0.2, -0.15) is 0 Å². The van der Waals surface area contributed by atoms with Gasteiger partial charge in [0.15, 0.2) is 0 Å². The molecule has 1 aromatic carbocycles. The highest BCUT2D eigenvalue weighted by atomic mass is 32.2. The molecule has 4 heteroatoms. The summed E-state index contributed by atoms with van der Waals surface area (Å²) in [6.07, 6.45) is 4.76. The van der Waals surface area contributed by atoms with Crippen molar-refractivity contribution in [3.8, 4) is 0 Å². The molecule has 0 aliphatic heterocycles. The second-order valence-electron chi connectivity index (χ2n) is 5.81. The normalized spacial score (nSPS) is 20.4. The van der Waals surface area contributed by atoms with Crippen LogP contribution in [0.25, 0.3) is 0 Å². The van der Waals surface area contributed by atoms with E-state index < -0.39 is 9.84 Å². The van der Waals surface area contributed by atoms with E-state index in [1.54, 1.807) is 6.92 Å². The van der Waals surface area contributed by atoms with E-state index >= 15 is 0 Å². The number of aryl methyl sites for hydroxylation is 1. The number of sulfone groups is 1. The Balaban J connectivity index is 1.84. The lowest BCUT2D eigenvalue weighted by Gasteiger charge is -2.29. The summed E-state index contributed by atoms with van der Waals surface area (Å²) in [5.41, 5.74) is 9.15. The predicted molar refractivity (Wildman–Crippen MR) is 83.5 cm³/mol. The Kier molecular flexibility index (Phi) is 5.22. The number of rotatable bonds is 6. The zero-order chi connectivity index (χ0) is 14.6. The van der Waals surface area contributed by atoms with Gasteiger partial charge in [-0.05, 0) is 49.1 Å². The Hall–Kier alpha value is -0.870. The van der Waals surface area contributed by atoms with Crippen LogP contribution in [0.4, 0.5) is 0 Å². The van der Waals surface area contributed by atoms with E-state index in [0.29, 0.717) is 12.3 Å². The lowest BCUT2D eigenvalue weighted by molar-refractivity contribution is 0.357. The van der Waals surface area contributed by atoms with Crippen LogP contribution in [0.5, 0.6) is 0 Å². The molecule has 3 nitrogen and oxygen atoms in total. The van der Waals surface area contributed by atoms with E-state index in [0.717, 1.165) is 25.7 Å². The van der Waals surface area contributed by atoms with Crippen molar-refractivity contribution in [2.45, 2.75) is 45.1 Å². The molecule has 1 aromatic rings. The van der Waals surface area contributed by atoms with Crippen molar-refractivity contribution in [1.82, 2.24) is 0 Å². The molecule has 0 saturated carbocycles. The minimum Gasteiger partial charge on any atom is -0.327 e. The molecule has 2 rings (SSSR count). The summed E-state index contributed by atoms with van der Waals surface area (Å²) in [6, 6.07) is 8.69. The number of hydrogen-bond donors (Lipinski definition) is 1. The quantitative estimate of drug-likeness (QED) is 0.876. The van der Waals surface area contributed by atoms with E-state index in [2.05, 4.69) is 24.3 Å². The third-order valence-corrected chi connectivity index (χ3v) is 6.21. The predicted octanol–water partition coefficient (Wildman–Crippen LogP) is 2.33. The highest BCUT2D eigenvalue weighted by Crippen LogP contribution is 2.28. The molecular weight excluding hydrogens is 270 g/mol. The van der Waals surface area contributed by atoms with Gasteiger partial charge in [0, 0.05) is 11.8 Å². The average Bonchev–Trinajstić information content (AvgIpc) is 2.46. The van der Waals surface area contributed by atoms with Gasteiger partial charge in [-0.15, -0.1) is 0 Å². The number of fused-ring (bicyclic) bond motifs is 1. The molecule has 0 fully saturated rings.